The molecule has 2 N–H and O–H groups in total. The molecule has 1 aromatic heterocycles. The van der Waals surface area contributed by atoms with Crippen LogP contribution in [0.2, 0.25) is 0 Å². The van der Waals surface area contributed by atoms with E-state index < -0.39 is 0 Å². The van der Waals surface area contributed by atoms with Crippen LogP contribution in [0, 0.1) is 4.77 Å². The first kappa shape index (κ1) is 8.74. The molecule has 0 aliphatic carbocycles. The van der Waals surface area contributed by atoms with E-state index in [0.717, 1.165) is 11.0 Å². The van der Waals surface area contributed by atoms with Gasteiger partial charge in [-0.05, 0) is 24.4 Å². The summed E-state index contributed by atoms with van der Waals surface area (Å²) in [5.41, 5.74) is 2.13. The van der Waals surface area contributed by atoms with Gasteiger partial charge in [-0.3, -0.25) is 0 Å². The van der Waals surface area contributed by atoms with E-state index in [1.165, 1.54) is 0 Å². The molecule has 1 aromatic carbocycles. The number of aromatic nitrogens is 2. The Kier molecular flexibility index (Phi) is 2.67. The molecule has 0 spiro atoms. The molecule has 2 aromatic rings. The Hall–Kier alpha value is -0.350. The molecule has 4 heteroatoms. The van der Waals surface area contributed by atoms with Crippen LogP contribution in [0.3, 0.4) is 0 Å². The van der Waals surface area contributed by atoms with Gasteiger partial charge in [-0.1, -0.05) is 12.1 Å². The molecule has 0 aliphatic rings. The van der Waals surface area contributed by atoms with E-state index >= 15 is 0 Å². The monoisotopic (exact) mass is 257 g/mol. The third kappa shape index (κ3) is 1.62. The van der Waals surface area contributed by atoms with Crippen LogP contribution >= 0.6 is 12.2 Å². The maximum Gasteiger partial charge on any atom is 1.00 e. The Morgan fingerprint density at radius 3 is 1.91 bits per heavy atom. The van der Waals surface area contributed by atoms with Crippen molar-refractivity contribution in [1.82, 2.24) is 9.97 Å². The number of aromatic amines is 2. The molecular weight excluding hydrogens is 252 g/mol. The van der Waals surface area contributed by atoms with Crippen molar-refractivity contribution in [3.8, 4) is 0 Å². The van der Waals surface area contributed by atoms with Gasteiger partial charge in [-0.2, -0.15) is 0 Å². The largest absolute Gasteiger partial charge is 1.00 e. The minimum absolute atomic E-state index is 0. The Balaban J connectivity index is 0.000000605. The van der Waals surface area contributed by atoms with Crippen LogP contribution in [-0.4, -0.2) is 9.97 Å². The van der Waals surface area contributed by atoms with Crippen LogP contribution in [0.25, 0.3) is 11.0 Å². The Bertz CT molecular complexity index is 368. The van der Waals surface area contributed by atoms with Crippen molar-refractivity contribution >= 4 is 23.3 Å². The molecule has 1 heterocycles. The molecule has 0 atom stereocenters. The average molecular weight is 258 g/mol. The van der Waals surface area contributed by atoms with Crippen molar-refractivity contribution < 1.29 is 22.4 Å². The second-order valence-electron chi connectivity index (χ2n) is 2.12. The van der Waals surface area contributed by atoms with E-state index in [0.29, 0.717) is 4.77 Å². The molecule has 0 unspecified atom stereocenters. The van der Waals surface area contributed by atoms with Gasteiger partial charge in [0.2, 0.25) is 0 Å². The van der Waals surface area contributed by atoms with Crippen molar-refractivity contribution in [1.29, 1.82) is 0 Å². The third-order valence-electron chi connectivity index (χ3n) is 1.42. The first-order valence-corrected chi connectivity index (χ1v) is 3.44. The summed E-state index contributed by atoms with van der Waals surface area (Å²) < 4.78 is 0.682. The number of H-pyrrole nitrogens is 2. The Morgan fingerprint density at radius 1 is 1.00 bits per heavy atom. The maximum absolute atomic E-state index is 4.90. The molecule has 0 aliphatic heterocycles. The molecule has 0 saturated heterocycles. The zero-order valence-corrected chi connectivity index (χ0v) is 7.82. The zero-order chi connectivity index (χ0) is 6.97. The number of benzene rings is 1. The summed E-state index contributed by atoms with van der Waals surface area (Å²) in [6.07, 6.45) is 0. The second kappa shape index (κ2) is 3.36. The standard InChI is InChI=1S/C7H6N2S.Ag/c10-7-8-5-3-1-2-4-6(5)9-7;/h1-4H,(H2,8,9,10);/q;+1. The number of hydrogen-bond acceptors (Lipinski definition) is 1. The summed E-state index contributed by atoms with van der Waals surface area (Å²) in [6.45, 7) is 0. The van der Waals surface area contributed by atoms with E-state index in [9.17, 15) is 0 Å². The van der Waals surface area contributed by atoms with Crippen LogP contribution in [0.1, 0.15) is 0 Å². The molecule has 0 amide bonds. The van der Waals surface area contributed by atoms with Gasteiger partial charge in [0.05, 0.1) is 11.0 Å². The number of rotatable bonds is 0. The maximum atomic E-state index is 4.90. The minimum Gasteiger partial charge on any atom is -0.331 e. The molecule has 0 saturated carbocycles. The van der Waals surface area contributed by atoms with Crippen LogP contribution in [-0.2, 0) is 22.4 Å². The predicted octanol–water partition coefficient (Wildman–Crippen LogP) is 2.22. The van der Waals surface area contributed by atoms with Gasteiger partial charge < -0.3 is 9.97 Å². The van der Waals surface area contributed by atoms with Crippen LogP contribution < -0.4 is 0 Å². The Morgan fingerprint density at radius 2 is 1.45 bits per heavy atom. The van der Waals surface area contributed by atoms with Gasteiger partial charge in [0.1, 0.15) is 0 Å². The normalized spacial score (nSPS) is 9.45. The fraction of sp³-hybridized carbons (Fsp3) is 0. The molecule has 0 bridgehead atoms. The van der Waals surface area contributed by atoms with Crippen molar-refractivity contribution in [2.24, 2.45) is 0 Å². The SMILES string of the molecule is S=c1[nH]c2ccccc2[nH]1.[Ag+]. The number of hydrogen-bond donors (Lipinski definition) is 2. The average Bonchev–Trinajstić information content (AvgIpc) is 2.27. The van der Waals surface area contributed by atoms with Gasteiger partial charge in [0, 0.05) is 0 Å². The number of fused-ring (bicyclic) bond motifs is 1. The van der Waals surface area contributed by atoms with Crippen LogP contribution in [0.15, 0.2) is 24.3 Å². The summed E-state index contributed by atoms with van der Waals surface area (Å²) in [5, 5.41) is 0. The number of nitrogens with one attached hydrogen (secondary N) is 2. The minimum atomic E-state index is 0. The van der Waals surface area contributed by atoms with Crippen LogP contribution in [0.5, 0.6) is 0 Å². The summed E-state index contributed by atoms with van der Waals surface area (Å²) in [6, 6.07) is 7.92. The van der Waals surface area contributed by atoms with Crippen LogP contribution in [0.4, 0.5) is 0 Å². The summed E-state index contributed by atoms with van der Waals surface area (Å²) in [4.78, 5) is 6.04. The molecule has 60 valence electrons. The summed E-state index contributed by atoms with van der Waals surface area (Å²) >= 11 is 4.90. The Labute approximate surface area is 84.5 Å². The number of para-hydroxylation sites is 2. The van der Waals surface area contributed by atoms with E-state index in [1.54, 1.807) is 0 Å². The van der Waals surface area contributed by atoms with Gasteiger partial charge in [0.25, 0.3) is 0 Å². The first-order chi connectivity index (χ1) is 4.86. The van der Waals surface area contributed by atoms with Crippen molar-refractivity contribution in [3.05, 3.63) is 29.0 Å². The summed E-state index contributed by atoms with van der Waals surface area (Å²) in [7, 11) is 0. The number of imidazole rings is 1. The fourth-order valence-electron chi connectivity index (χ4n) is 0.977. The molecule has 2 rings (SSSR count). The smallest absolute Gasteiger partial charge is 0.331 e. The molecule has 0 radical (unpaired) electrons. The van der Waals surface area contributed by atoms with Crippen molar-refractivity contribution in [3.63, 3.8) is 0 Å². The zero-order valence-electron chi connectivity index (χ0n) is 5.52. The van der Waals surface area contributed by atoms with Gasteiger partial charge in [-0.25, -0.2) is 0 Å². The molecule has 0 fully saturated rings. The summed E-state index contributed by atoms with van der Waals surface area (Å²) in [5.74, 6) is 0. The predicted molar refractivity (Wildman–Crippen MR) is 43.5 cm³/mol. The molecule has 11 heavy (non-hydrogen) atoms. The first-order valence-electron chi connectivity index (χ1n) is 3.03. The molecule has 2 nitrogen and oxygen atoms in total. The van der Waals surface area contributed by atoms with E-state index in [2.05, 4.69) is 9.97 Å². The van der Waals surface area contributed by atoms with E-state index in [4.69, 9.17) is 12.2 Å². The van der Waals surface area contributed by atoms with Crippen molar-refractivity contribution in [2.45, 2.75) is 0 Å². The van der Waals surface area contributed by atoms with E-state index in [-0.39, 0.29) is 22.4 Å². The van der Waals surface area contributed by atoms with Crippen molar-refractivity contribution in [2.75, 3.05) is 0 Å². The quantitative estimate of drug-likeness (QED) is 0.551. The van der Waals surface area contributed by atoms with Gasteiger partial charge in [0.15, 0.2) is 4.77 Å². The molecular formula is C7H6AgN2S+. The van der Waals surface area contributed by atoms with Gasteiger partial charge in [-0.15, -0.1) is 0 Å². The topological polar surface area (TPSA) is 31.6 Å². The van der Waals surface area contributed by atoms with E-state index in [1.807, 2.05) is 24.3 Å². The second-order valence-corrected chi connectivity index (χ2v) is 2.53. The van der Waals surface area contributed by atoms with Gasteiger partial charge >= 0.3 is 22.4 Å². The third-order valence-corrected chi connectivity index (χ3v) is 1.63. The fourth-order valence-corrected chi connectivity index (χ4v) is 1.20.